The van der Waals surface area contributed by atoms with E-state index in [1.165, 1.54) is 12.1 Å². The number of fused-ring (bicyclic) bond motifs is 1. The molecule has 27 heavy (non-hydrogen) atoms. The van der Waals surface area contributed by atoms with E-state index in [0.29, 0.717) is 43.9 Å². The lowest BCUT2D eigenvalue weighted by Crippen LogP contribution is -2.26. The van der Waals surface area contributed by atoms with Gasteiger partial charge in [-0.15, -0.1) is 0 Å². The molecule has 0 atom stereocenters. The van der Waals surface area contributed by atoms with Crippen LogP contribution in [0.1, 0.15) is 23.1 Å². The number of hydrogen-bond acceptors (Lipinski definition) is 3. The minimum atomic E-state index is -4.34. The van der Waals surface area contributed by atoms with Gasteiger partial charge in [-0.1, -0.05) is 18.2 Å². The zero-order chi connectivity index (χ0) is 19.3. The number of benzene rings is 2. The van der Waals surface area contributed by atoms with Gasteiger partial charge in [-0.2, -0.15) is 13.2 Å². The fourth-order valence-corrected chi connectivity index (χ4v) is 2.80. The standard InChI is InChI=1S/C20H20F3NO3/c21-20(22,23)16-5-1-14(2-6-16)4-8-19(25)24-10-9-15-3-7-17-18(13-15)27-12-11-26-17/h1-3,5-7,13H,4,8-12H2,(H,24,25). The summed E-state index contributed by atoms with van der Waals surface area (Å²) in [5.74, 6) is 1.31. The van der Waals surface area contributed by atoms with Crippen molar-refractivity contribution >= 4 is 5.91 Å². The van der Waals surface area contributed by atoms with E-state index in [-0.39, 0.29) is 12.3 Å². The molecule has 0 radical (unpaired) electrons. The van der Waals surface area contributed by atoms with Gasteiger partial charge in [0.2, 0.25) is 5.91 Å². The summed E-state index contributed by atoms with van der Waals surface area (Å²) in [4.78, 5) is 11.9. The molecule has 0 aromatic heterocycles. The van der Waals surface area contributed by atoms with Gasteiger partial charge in [0.1, 0.15) is 13.2 Å². The lowest BCUT2D eigenvalue weighted by atomic mass is 10.1. The number of alkyl halides is 3. The molecule has 4 nitrogen and oxygen atoms in total. The molecule has 144 valence electrons. The highest BCUT2D eigenvalue weighted by atomic mass is 19.4. The Balaban J connectivity index is 1.41. The van der Waals surface area contributed by atoms with Crippen molar-refractivity contribution in [3.63, 3.8) is 0 Å². The van der Waals surface area contributed by atoms with Crippen LogP contribution in [0.15, 0.2) is 42.5 Å². The van der Waals surface area contributed by atoms with Crippen molar-refractivity contribution in [2.75, 3.05) is 19.8 Å². The maximum absolute atomic E-state index is 12.5. The van der Waals surface area contributed by atoms with E-state index in [1.807, 2.05) is 18.2 Å². The van der Waals surface area contributed by atoms with Crippen molar-refractivity contribution in [1.82, 2.24) is 5.32 Å². The van der Waals surface area contributed by atoms with E-state index in [4.69, 9.17) is 9.47 Å². The van der Waals surface area contributed by atoms with E-state index in [1.54, 1.807) is 0 Å². The molecular weight excluding hydrogens is 359 g/mol. The van der Waals surface area contributed by atoms with Crippen LogP contribution in [-0.4, -0.2) is 25.7 Å². The molecule has 0 spiro atoms. The zero-order valence-electron chi connectivity index (χ0n) is 14.6. The molecule has 2 aromatic carbocycles. The van der Waals surface area contributed by atoms with Crippen molar-refractivity contribution in [1.29, 1.82) is 0 Å². The van der Waals surface area contributed by atoms with Gasteiger partial charge in [0.15, 0.2) is 11.5 Å². The van der Waals surface area contributed by atoms with Gasteiger partial charge in [-0.3, -0.25) is 4.79 Å². The van der Waals surface area contributed by atoms with Crippen LogP contribution in [0.25, 0.3) is 0 Å². The molecule has 1 heterocycles. The minimum absolute atomic E-state index is 0.132. The van der Waals surface area contributed by atoms with Crippen LogP contribution < -0.4 is 14.8 Å². The summed E-state index contributed by atoms with van der Waals surface area (Å²) in [6, 6.07) is 10.6. The monoisotopic (exact) mass is 379 g/mol. The first kappa shape index (κ1) is 19.1. The summed E-state index contributed by atoms with van der Waals surface area (Å²) < 4.78 is 48.6. The summed E-state index contributed by atoms with van der Waals surface area (Å²) in [5, 5.41) is 2.83. The third kappa shape index (κ3) is 5.39. The molecule has 1 aliphatic heterocycles. The number of carbonyl (C=O) groups excluding carboxylic acids is 1. The fourth-order valence-electron chi connectivity index (χ4n) is 2.80. The summed E-state index contributed by atoms with van der Waals surface area (Å²) >= 11 is 0. The van der Waals surface area contributed by atoms with E-state index in [2.05, 4.69) is 5.32 Å². The molecule has 0 aliphatic carbocycles. The predicted molar refractivity (Wildman–Crippen MR) is 93.9 cm³/mol. The van der Waals surface area contributed by atoms with Crippen LogP contribution in [0, 0.1) is 0 Å². The molecule has 0 saturated heterocycles. The van der Waals surface area contributed by atoms with Gasteiger partial charge < -0.3 is 14.8 Å². The highest BCUT2D eigenvalue weighted by molar-refractivity contribution is 5.76. The summed E-state index contributed by atoms with van der Waals surface area (Å²) in [6.45, 7) is 1.55. The summed E-state index contributed by atoms with van der Waals surface area (Å²) in [6.07, 6.45) is -3.06. The number of halogens is 3. The number of hydrogen-bond donors (Lipinski definition) is 1. The van der Waals surface area contributed by atoms with Crippen molar-refractivity contribution in [3.05, 3.63) is 59.2 Å². The quantitative estimate of drug-likeness (QED) is 0.831. The predicted octanol–water partition coefficient (Wildman–Crippen LogP) is 3.77. The first-order valence-corrected chi connectivity index (χ1v) is 8.73. The van der Waals surface area contributed by atoms with Gasteiger partial charge >= 0.3 is 6.18 Å². The van der Waals surface area contributed by atoms with Gasteiger partial charge in [-0.05, 0) is 48.2 Å². The lowest BCUT2D eigenvalue weighted by molar-refractivity contribution is -0.137. The first-order valence-electron chi connectivity index (χ1n) is 8.73. The normalized spacial score (nSPS) is 13.3. The van der Waals surface area contributed by atoms with Crippen molar-refractivity contribution in [2.45, 2.75) is 25.4 Å². The second kappa shape index (κ2) is 8.33. The van der Waals surface area contributed by atoms with E-state index in [0.717, 1.165) is 23.4 Å². The van der Waals surface area contributed by atoms with Gasteiger partial charge in [0.25, 0.3) is 0 Å². The first-order chi connectivity index (χ1) is 12.9. The van der Waals surface area contributed by atoms with Crippen LogP contribution in [0.4, 0.5) is 13.2 Å². The Morgan fingerprint density at radius 2 is 1.59 bits per heavy atom. The highest BCUT2D eigenvalue weighted by Crippen LogP contribution is 2.31. The molecule has 0 saturated carbocycles. The molecular formula is C20H20F3NO3. The number of carbonyl (C=O) groups is 1. The summed E-state index contributed by atoms with van der Waals surface area (Å²) in [5.41, 5.74) is 1.04. The third-order valence-electron chi connectivity index (χ3n) is 4.26. The smallest absolute Gasteiger partial charge is 0.416 e. The average molecular weight is 379 g/mol. The Morgan fingerprint density at radius 1 is 0.926 bits per heavy atom. The largest absolute Gasteiger partial charge is 0.486 e. The second-order valence-corrected chi connectivity index (χ2v) is 6.27. The van der Waals surface area contributed by atoms with Crippen LogP contribution in [0.2, 0.25) is 0 Å². The van der Waals surface area contributed by atoms with Gasteiger partial charge in [0, 0.05) is 13.0 Å². The van der Waals surface area contributed by atoms with Crippen LogP contribution in [0.5, 0.6) is 11.5 Å². The van der Waals surface area contributed by atoms with Gasteiger partial charge in [-0.25, -0.2) is 0 Å². The third-order valence-corrected chi connectivity index (χ3v) is 4.26. The van der Waals surface area contributed by atoms with Crippen molar-refractivity contribution in [2.24, 2.45) is 0 Å². The molecule has 1 amide bonds. The number of ether oxygens (including phenoxy) is 2. The van der Waals surface area contributed by atoms with Gasteiger partial charge in [0.05, 0.1) is 5.56 Å². The Labute approximate surface area is 155 Å². The SMILES string of the molecule is O=C(CCc1ccc(C(F)(F)F)cc1)NCCc1ccc2c(c1)OCCO2. The van der Waals surface area contributed by atoms with Crippen molar-refractivity contribution < 1.29 is 27.4 Å². The fraction of sp³-hybridized carbons (Fsp3) is 0.350. The molecule has 1 aliphatic rings. The molecule has 1 N–H and O–H groups in total. The minimum Gasteiger partial charge on any atom is -0.486 e. The van der Waals surface area contributed by atoms with Crippen molar-refractivity contribution in [3.8, 4) is 11.5 Å². The number of nitrogens with one attached hydrogen (secondary N) is 1. The number of amides is 1. The van der Waals surface area contributed by atoms with E-state index >= 15 is 0 Å². The highest BCUT2D eigenvalue weighted by Gasteiger charge is 2.29. The number of rotatable bonds is 6. The molecule has 0 fully saturated rings. The van der Waals surface area contributed by atoms with Crippen LogP contribution in [-0.2, 0) is 23.8 Å². The maximum Gasteiger partial charge on any atom is 0.416 e. The maximum atomic E-state index is 12.5. The molecule has 3 rings (SSSR count). The van der Waals surface area contributed by atoms with E-state index in [9.17, 15) is 18.0 Å². The van der Waals surface area contributed by atoms with E-state index < -0.39 is 11.7 Å². The van der Waals surface area contributed by atoms with Crippen LogP contribution >= 0.6 is 0 Å². The number of aryl methyl sites for hydroxylation is 1. The molecule has 0 bridgehead atoms. The zero-order valence-corrected chi connectivity index (χ0v) is 14.6. The Hall–Kier alpha value is -2.70. The second-order valence-electron chi connectivity index (χ2n) is 6.27. The molecule has 7 heteroatoms. The Morgan fingerprint density at radius 3 is 2.30 bits per heavy atom. The topological polar surface area (TPSA) is 47.6 Å². The molecule has 2 aromatic rings. The lowest BCUT2D eigenvalue weighted by Gasteiger charge is -2.18. The molecule has 0 unspecified atom stereocenters. The summed E-state index contributed by atoms with van der Waals surface area (Å²) in [7, 11) is 0. The average Bonchev–Trinajstić information content (AvgIpc) is 2.66. The Kier molecular flexibility index (Phi) is 5.88. The Bertz CT molecular complexity index is 788. The van der Waals surface area contributed by atoms with Crippen LogP contribution in [0.3, 0.4) is 0 Å².